The van der Waals surface area contributed by atoms with Gasteiger partial charge in [0.05, 0.1) is 25.4 Å². The van der Waals surface area contributed by atoms with Gasteiger partial charge >= 0.3 is 0 Å². The molecular weight excluding hydrogens is 346 g/mol. The smallest absolute Gasteiger partial charge is 0.234 e. The third-order valence-electron chi connectivity index (χ3n) is 4.66. The van der Waals surface area contributed by atoms with Gasteiger partial charge < -0.3 is 15.0 Å². The Kier molecular flexibility index (Phi) is 6.52. The SMILES string of the molecule is CCOc1ccccc1N1CCN(CC(=O)NCc2sccc2C)CC1. The summed E-state index contributed by atoms with van der Waals surface area (Å²) in [7, 11) is 0. The molecule has 3 rings (SSSR count). The number of nitrogens with one attached hydrogen (secondary N) is 1. The highest BCUT2D eigenvalue weighted by Gasteiger charge is 2.21. The summed E-state index contributed by atoms with van der Waals surface area (Å²) in [6.07, 6.45) is 0. The largest absolute Gasteiger partial charge is 0.492 e. The molecule has 0 spiro atoms. The lowest BCUT2D eigenvalue weighted by Crippen LogP contribution is -2.49. The maximum atomic E-state index is 12.2. The van der Waals surface area contributed by atoms with E-state index in [9.17, 15) is 4.79 Å². The summed E-state index contributed by atoms with van der Waals surface area (Å²) in [6.45, 7) is 9.42. The zero-order valence-electron chi connectivity index (χ0n) is 15.5. The molecule has 26 heavy (non-hydrogen) atoms. The van der Waals surface area contributed by atoms with Gasteiger partial charge in [-0.1, -0.05) is 12.1 Å². The number of ether oxygens (including phenoxy) is 1. The molecule has 0 bridgehead atoms. The zero-order chi connectivity index (χ0) is 18.4. The predicted molar refractivity (Wildman–Crippen MR) is 107 cm³/mol. The third-order valence-corrected chi connectivity index (χ3v) is 5.68. The van der Waals surface area contributed by atoms with Crippen LogP contribution in [0, 0.1) is 6.92 Å². The van der Waals surface area contributed by atoms with Crippen LogP contribution in [0.2, 0.25) is 0 Å². The molecule has 1 amide bonds. The minimum atomic E-state index is 0.0981. The summed E-state index contributed by atoms with van der Waals surface area (Å²) in [5.41, 5.74) is 2.39. The Balaban J connectivity index is 1.46. The number of carbonyl (C=O) groups is 1. The van der Waals surface area contributed by atoms with Crippen LogP contribution in [-0.2, 0) is 11.3 Å². The molecule has 2 aromatic rings. The zero-order valence-corrected chi connectivity index (χ0v) is 16.3. The summed E-state index contributed by atoms with van der Waals surface area (Å²) < 4.78 is 5.74. The Morgan fingerprint density at radius 3 is 2.65 bits per heavy atom. The molecule has 5 nitrogen and oxygen atoms in total. The van der Waals surface area contributed by atoms with Crippen molar-refractivity contribution in [3.05, 3.63) is 46.2 Å². The fraction of sp³-hybridized carbons (Fsp3) is 0.450. The van der Waals surface area contributed by atoms with E-state index in [0.717, 1.165) is 37.6 Å². The van der Waals surface area contributed by atoms with Gasteiger partial charge in [0.25, 0.3) is 0 Å². The van der Waals surface area contributed by atoms with E-state index in [1.165, 1.54) is 10.4 Å². The highest BCUT2D eigenvalue weighted by molar-refractivity contribution is 7.10. The van der Waals surface area contributed by atoms with E-state index in [4.69, 9.17) is 4.74 Å². The maximum Gasteiger partial charge on any atom is 0.234 e. The van der Waals surface area contributed by atoms with Crippen molar-refractivity contribution in [1.82, 2.24) is 10.2 Å². The second kappa shape index (κ2) is 9.05. The predicted octanol–water partition coefficient (Wildman–Crippen LogP) is 2.89. The summed E-state index contributed by atoms with van der Waals surface area (Å²) in [6, 6.07) is 10.3. The molecule has 0 saturated carbocycles. The molecule has 0 atom stereocenters. The number of para-hydroxylation sites is 2. The second-order valence-electron chi connectivity index (χ2n) is 6.47. The summed E-state index contributed by atoms with van der Waals surface area (Å²) in [5, 5.41) is 5.10. The van der Waals surface area contributed by atoms with Crippen LogP contribution < -0.4 is 15.0 Å². The number of piperazine rings is 1. The first-order chi connectivity index (χ1) is 12.7. The first-order valence-corrected chi connectivity index (χ1v) is 10.0. The van der Waals surface area contributed by atoms with Crippen LogP contribution in [0.4, 0.5) is 5.69 Å². The third kappa shape index (κ3) is 4.77. The van der Waals surface area contributed by atoms with Gasteiger partial charge in [0.2, 0.25) is 5.91 Å². The molecule has 0 aliphatic carbocycles. The van der Waals surface area contributed by atoms with Crippen molar-refractivity contribution in [3.63, 3.8) is 0 Å². The monoisotopic (exact) mass is 373 g/mol. The lowest BCUT2D eigenvalue weighted by atomic mass is 10.2. The van der Waals surface area contributed by atoms with Crippen molar-refractivity contribution in [2.75, 3.05) is 44.2 Å². The van der Waals surface area contributed by atoms with E-state index < -0.39 is 0 Å². The number of carbonyl (C=O) groups excluding carboxylic acids is 1. The van der Waals surface area contributed by atoms with E-state index in [1.54, 1.807) is 11.3 Å². The minimum Gasteiger partial charge on any atom is -0.492 e. The topological polar surface area (TPSA) is 44.8 Å². The number of amides is 1. The summed E-state index contributed by atoms with van der Waals surface area (Å²) in [4.78, 5) is 18.0. The Bertz CT molecular complexity index is 723. The van der Waals surface area contributed by atoms with Gasteiger partial charge in [0, 0.05) is 31.1 Å². The fourth-order valence-corrected chi connectivity index (χ4v) is 4.01. The number of rotatable bonds is 7. The lowest BCUT2D eigenvalue weighted by molar-refractivity contribution is -0.122. The Morgan fingerprint density at radius 1 is 1.19 bits per heavy atom. The second-order valence-corrected chi connectivity index (χ2v) is 7.47. The Hall–Kier alpha value is -2.05. The van der Waals surface area contributed by atoms with Gasteiger partial charge in [-0.2, -0.15) is 0 Å². The molecule has 1 aliphatic rings. The van der Waals surface area contributed by atoms with Crippen LogP contribution in [0.25, 0.3) is 0 Å². The van der Waals surface area contributed by atoms with E-state index in [0.29, 0.717) is 19.7 Å². The molecule has 2 heterocycles. The summed E-state index contributed by atoms with van der Waals surface area (Å²) in [5.74, 6) is 1.04. The van der Waals surface area contributed by atoms with Crippen molar-refractivity contribution >= 4 is 22.9 Å². The molecule has 0 unspecified atom stereocenters. The van der Waals surface area contributed by atoms with Gasteiger partial charge in [0.1, 0.15) is 5.75 Å². The molecule has 1 aromatic heterocycles. The van der Waals surface area contributed by atoms with Gasteiger partial charge in [0.15, 0.2) is 0 Å². The normalized spacial score (nSPS) is 15.1. The first-order valence-electron chi connectivity index (χ1n) is 9.16. The molecule has 1 fully saturated rings. The van der Waals surface area contributed by atoms with Crippen LogP contribution in [0.15, 0.2) is 35.7 Å². The average Bonchev–Trinajstić information content (AvgIpc) is 3.06. The molecule has 0 radical (unpaired) electrons. The lowest BCUT2D eigenvalue weighted by Gasteiger charge is -2.36. The van der Waals surface area contributed by atoms with Crippen LogP contribution in [0.3, 0.4) is 0 Å². The number of hydrogen-bond donors (Lipinski definition) is 1. The number of aryl methyl sites for hydroxylation is 1. The fourth-order valence-electron chi connectivity index (χ4n) is 3.17. The van der Waals surface area contributed by atoms with Crippen molar-refractivity contribution in [2.45, 2.75) is 20.4 Å². The van der Waals surface area contributed by atoms with E-state index in [2.05, 4.69) is 39.6 Å². The molecule has 1 aliphatic heterocycles. The van der Waals surface area contributed by atoms with Crippen molar-refractivity contribution < 1.29 is 9.53 Å². The molecule has 140 valence electrons. The Labute approximate surface area is 159 Å². The number of benzene rings is 1. The first kappa shape index (κ1) is 18.7. The van der Waals surface area contributed by atoms with Crippen LogP contribution in [-0.4, -0.2) is 50.1 Å². The molecular formula is C20H27N3O2S. The number of nitrogens with zero attached hydrogens (tertiary/aromatic N) is 2. The van der Waals surface area contributed by atoms with Gasteiger partial charge in [-0.05, 0) is 43.0 Å². The maximum absolute atomic E-state index is 12.2. The van der Waals surface area contributed by atoms with Crippen LogP contribution >= 0.6 is 11.3 Å². The highest BCUT2D eigenvalue weighted by atomic mass is 32.1. The summed E-state index contributed by atoms with van der Waals surface area (Å²) >= 11 is 1.69. The van der Waals surface area contributed by atoms with Crippen molar-refractivity contribution in [2.24, 2.45) is 0 Å². The quantitative estimate of drug-likeness (QED) is 0.811. The highest BCUT2D eigenvalue weighted by Crippen LogP contribution is 2.28. The molecule has 1 N–H and O–H groups in total. The standard InChI is InChI=1S/C20H27N3O2S/c1-3-25-18-7-5-4-6-17(18)23-11-9-22(10-12-23)15-20(24)21-14-19-16(2)8-13-26-19/h4-8,13H,3,9-12,14-15H2,1-2H3,(H,21,24). The van der Waals surface area contributed by atoms with Crippen molar-refractivity contribution in [1.29, 1.82) is 0 Å². The van der Waals surface area contributed by atoms with Crippen molar-refractivity contribution in [3.8, 4) is 5.75 Å². The van der Waals surface area contributed by atoms with E-state index in [1.807, 2.05) is 25.1 Å². The van der Waals surface area contributed by atoms with Gasteiger partial charge in [-0.3, -0.25) is 9.69 Å². The number of thiophene rings is 1. The Morgan fingerprint density at radius 2 is 1.96 bits per heavy atom. The van der Waals surface area contributed by atoms with Crippen LogP contribution in [0.5, 0.6) is 5.75 Å². The minimum absolute atomic E-state index is 0.0981. The van der Waals surface area contributed by atoms with Crippen LogP contribution in [0.1, 0.15) is 17.4 Å². The number of anilines is 1. The average molecular weight is 374 g/mol. The number of hydrogen-bond acceptors (Lipinski definition) is 5. The molecule has 6 heteroatoms. The van der Waals surface area contributed by atoms with Gasteiger partial charge in [-0.25, -0.2) is 0 Å². The molecule has 1 aromatic carbocycles. The molecule has 1 saturated heterocycles. The van der Waals surface area contributed by atoms with E-state index >= 15 is 0 Å². The van der Waals surface area contributed by atoms with Gasteiger partial charge in [-0.15, -0.1) is 11.3 Å². The van der Waals surface area contributed by atoms with E-state index in [-0.39, 0.29) is 5.91 Å².